The Morgan fingerprint density at radius 3 is 2.11 bits per heavy atom. The highest BCUT2D eigenvalue weighted by molar-refractivity contribution is 5.82. The van der Waals surface area contributed by atoms with E-state index < -0.39 is 0 Å². The normalized spacial score (nSPS) is 11.2. The van der Waals surface area contributed by atoms with Crippen molar-refractivity contribution in [2.45, 2.75) is 13.8 Å². The molecular formula is C33H28N3+. The largest absolute Gasteiger partial charge is 0.296 e. The van der Waals surface area contributed by atoms with Gasteiger partial charge in [-0.25, -0.2) is 4.57 Å². The van der Waals surface area contributed by atoms with Gasteiger partial charge in [0.25, 0.3) is 5.82 Å². The van der Waals surface area contributed by atoms with Crippen molar-refractivity contribution in [1.82, 2.24) is 9.55 Å². The van der Waals surface area contributed by atoms with Crippen LogP contribution in [-0.2, 0) is 7.05 Å². The molecule has 0 unspecified atom stereocenters. The molecule has 6 rings (SSSR count). The highest BCUT2D eigenvalue weighted by Crippen LogP contribution is 2.33. The zero-order chi connectivity index (χ0) is 24.6. The zero-order valence-electron chi connectivity index (χ0n) is 20.8. The van der Waals surface area contributed by atoms with Gasteiger partial charge in [-0.15, -0.1) is 0 Å². The summed E-state index contributed by atoms with van der Waals surface area (Å²) < 4.78 is 4.70. The van der Waals surface area contributed by atoms with Gasteiger partial charge >= 0.3 is 0 Å². The summed E-state index contributed by atoms with van der Waals surface area (Å²) in [6.45, 7) is 4.30. The van der Waals surface area contributed by atoms with E-state index in [2.05, 4.69) is 138 Å². The van der Waals surface area contributed by atoms with Crippen LogP contribution in [0.4, 0.5) is 0 Å². The van der Waals surface area contributed by atoms with Crippen LogP contribution in [0.2, 0.25) is 0 Å². The van der Waals surface area contributed by atoms with Crippen molar-refractivity contribution in [3.63, 3.8) is 0 Å². The second-order valence-electron chi connectivity index (χ2n) is 9.36. The molecule has 0 saturated heterocycles. The Kier molecular flexibility index (Phi) is 5.46. The lowest BCUT2D eigenvalue weighted by Gasteiger charge is -2.13. The first kappa shape index (κ1) is 22.0. The maximum absolute atomic E-state index is 4.49. The Bertz CT molecular complexity index is 1700. The summed E-state index contributed by atoms with van der Waals surface area (Å²) in [4.78, 5) is 4.49. The van der Waals surface area contributed by atoms with E-state index in [0.29, 0.717) is 0 Å². The van der Waals surface area contributed by atoms with Crippen molar-refractivity contribution in [2.24, 2.45) is 7.05 Å². The van der Waals surface area contributed by atoms with Gasteiger partial charge < -0.3 is 0 Å². The number of nitrogens with zero attached hydrogens (tertiary/aromatic N) is 3. The molecule has 0 radical (unpaired) electrons. The van der Waals surface area contributed by atoms with Crippen molar-refractivity contribution in [2.75, 3.05) is 0 Å². The molecule has 0 saturated carbocycles. The molecule has 0 amide bonds. The predicted octanol–water partition coefficient (Wildman–Crippen LogP) is 7.47. The Hall–Kier alpha value is -4.50. The lowest BCUT2D eigenvalue weighted by atomic mass is 9.97. The van der Waals surface area contributed by atoms with Crippen LogP contribution in [0, 0.1) is 13.8 Å². The first-order valence-electron chi connectivity index (χ1n) is 12.3. The van der Waals surface area contributed by atoms with E-state index in [1.807, 2.05) is 12.4 Å². The summed E-state index contributed by atoms with van der Waals surface area (Å²) in [6, 6.07) is 36.9. The number of aryl methyl sites for hydroxylation is 3. The molecule has 0 spiro atoms. The average molecular weight is 467 g/mol. The van der Waals surface area contributed by atoms with Gasteiger partial charge in [-0.3, -0.25) is 4.98 Å². The SMILES string of the molecule is Cc1ccc2c(c1)n(C)c(-c1cnccc1C)[n+]2-c1ccc(-c2ccccc2)cc1-c1ccccc1. The highest BCUT2D eigenvalue weighted by atomic mass is 15.2. The number of aromatic nitrogens is 3. The Labute approximate surface area is 212 Å². The van der Waals surface area contributed by atoms with Crippen LogP contribution < -0.4 is 4.57 Å². The molecule has 3 heteroatoms. The van der Waals surface area contributed by atoms with Gasteiger partial charge in [-0.2, -0.15) is 4.57 Å². The predicted molar refractivity (Wildman–Crippen MR) is 148 cm³/mol. The fourth-order valence-electron chi connectivity index (χ4n) is 5.10. The molecule has 36 heavy (non-hydrogen) atoms. The van der Waals surface area contributed by atoms with Crippen LogP contribution in [-0.4, -0.2) is 9.55 Å². The number of imidazole rings is 1. The number of hydrogen-bond acceptors (Lipinski definition) is 1. The lowest BCUT2D eigenvalue weighted by Crippen LogP contribution is -2.34. The molecule has 4 aromatic carbocycles. The molecule has 0 fully saturated rings. The first-order chi connectivity index (χ1) is 17.6. The van der Waals surface area contributed by atoms with Crippen molar-refractivity contribution in [3.05, 3.63) is 127 Å². The first-order valence-corrected chi connectivity index (χ1v) is 12.3. The van der Waals surface area contributed by atoms with E-state index in [0.717, 1.165) is 17.1 Å². The summed E-state index contributed by atoms with van der Waals surface area (Å²) in [5.41, 5.74) is 11.9. The summed E-state index contributed by atoms with van der Waals surface area (Å²) in [5.74, 6) is 1.12. The van der Waals surface area contributed by atoms with Gasteiger partial charge in [0, 0.05) is 18.0 Å². The van der Waals surface area contributed by atoms with E-state index in [4.69, 9.17) is 0 Å². The van der Waals surface area contributed by atoms with Gasteiger partial charge in [0.1, 0.15) is 5.69 Å². The van der Waals surface area contributed by atoms with Crippen molar-refractivity contribution in [3.8, 4) is 39.3 Å². The fraction of sp³-hybridized carbons (Fsp3) is 0.0909. The number of hydrogen-bond donors (Lipinski definition) is 0. The van der Waals surface area contributed by atoms with Gasteiger partial charge in [0.05, 0.1) is 12.6 Å². The van der Waals surface area contributed by atoms with Crippen LogP contribution in [0.1, 0.15) is 11.1 Å². The van der Waals surface area contributed by atoms with E-state index in [9.17, 15) is 0 Å². The molecule has 0 bridgehead atoms. The van der Waals surface area contributed by atoms with Crippen LogP contribution in [0.5, 0.6) is 0 Å². The minimum atomic E-state index is 1.12. The van der Waals surface area contributed by atoms with Crippen LogP contribution in [0.25, 0.3) is 50.4 Å². The number of rotatable bonds is 4. The van der Waals surface area contributed by atoms with E-state index in [1.165, 1.54) is 44.4 Å². The summed E-state index contributed by atoms with van der Waals surface area (Å²) in [7, 11) is 2.15. The third-order valence-corrected chi connectivity index (χ3v) is 6.97. The number of pyridine rings is 1. The van der Waals surface area contributed by atoms with Crippen LogP contribution >= 0.6 is 0 Å². The maximum Gasteiger partial charge on any atom is 0.296 e. The number of benzene rings is 4. The molecule has 0 aliphatic carbocycles. The Morgan fingerprint density at radius 2 is 1.39 bits per heavy atom. The third-order valence-electron chi connectivity index (χ3n) is 6.97. The highest BCUT2D eigenvalue weighted by Gasteiger charge is 2.29. The second kappa shape index (κ2) is 8.94. The Balaban J connectivity index is 1.72. The quantitative estimate of drug-likeness (QED) is 0.247. The molecule has 0 aliphatic heterocycles. The van der Waals surface area contributed by atoms with Gasteiger partial charge in [-0.05, 0) is 72.0 Å². The second-order valence-corrected chi connectivity index (χ2v) is 9.36. The monoisotopic (exact) mass is 466 g/mol. The Morgan fingerprint density at radius 1 is 0.667 bits per heavy atom. The van der Waals surface area contributed by atoms with E-state index in [-0.39, 0.29) is 0 Å². The van der Waals surface area contributed by atoms with Crippen molar-refractivity contribution in [1.29, 1.82) is 0 Å². The van der Waals surface area contributed by atoms with E-state index in [1.54, 1.807) is 0 Å². The molecular weight excluding hydrogens is 438 g/mol. The molecule has 3 nitrogen and oxygen atoms in total. The molecule has 174 valence electrons. The minimum Gasteiger partial charge on any atom is -0.264 e. The fourth-order valence-corrected chi connectivity index (χ4v) is 5.10. The molecule has 2 heterocycles. The minimum absolute atomic E-state index is 1.12. The molecule has 2 aromatic heterocycles. The molecule has 6 aromatic rings. The molecule has 0 aliphatic rings. The standard InChI is InChI=1S/C33H28N3/c1-23-14-16-31-32(20-23)35(3)33(29-22-34-19-18-24(29)2)36(31)30-17-15-27(25-10-6-4-7-11-25)21-28(30)26-12-8-5-9-13-26/h4-22H,1-3H3/q+1. The summed E-state index contributed by atoms with van der Waals surface area (Å²) in [5, 5.41) is 0. The molecule has 0 N–H and O–H groups in total. The summed E-state index contributed by atoms with van der Waals surface area (Å²) >= 11 is 0. The topological polar surface area (TPSA) is 21.7 Å². The zero-order valence-corrected chi connectivity index (χ0v) is 20.8. The van der Waals surface area contributed by atoms with Gasteiger partial charge in [0.15, 0.2) is 11.0 Å². The summed E-state index contributed by atoms with van der Waals surface area (Å²) in [6.07, 6.45) is 3.84. The average Bonchev–Trinajstić information content (AvgIpc) is 3.20. The number of fused-ring (bicyclic) bond motifs is 1. The van der Waals surface area contributed by atoms with Gasteiger partial charge in [-0.1, -0.05) is 72.8 Å². The smallest absolute Gasteiger partial charge is 0.264 e. The van der Waals surface area contributed by atoms with Crippen molar-refractivity contribution < 1.29 is 4.57 Å². The van der Waals surface area contributed by atoms with E-state index >= 15 is 0 Å². The van der Waals surface area contributed by atoms with Crippen LogP contribution in [0.15, 0.2) is 116 Å². The van der Waals surface area contributed by atoms with Crippen molar-refractivity contribution >= 4 is 11.0 Å². The molecule has 0 atom stereocenters. The van der Waals surface area contributed by atoms with Gasteiger partial charge in [0.2, 0.25) is 0 Å². The maximum atomic E-state index is 4.49. The van der Waals surface area contributed by atoms with Crippen LogP contribution in [0.3, 0.4) is 0 Å². The lowest BCUT2D eigenvalue weighted by molar-refractivity contribution is -0.555. The third kappa shape index (κ3) is 3.70.